The van der Waals surface area contributed by atoms with Crippen LogP contribution in [0.25, 0.3) is 11.3 Å². The molecule has 2 aromatic rings. The molecule has 0 saturated heterocycles. The smallest absolute Gasteiger partial charge is 0.252 e. The van der Waals surface area contributed by atoms with E-state index < -0.39 is 0 Å². The Morgan fingerprint density at radius 3 is 2.56 bits per heavy atom. The van der Waals surface area contributed by atoms with Crippen LogP contribution in [-0.4, -0.2) is 4.98 Å². The van der Waals surface area contributed by atoms with Crippen molar-refractivity contribution in [1.82, 2.24) is 4.98 Å². The number of hydrogen-bond acceptors (Lipinski definition) is 2. The van der Waals surface area contributed by atoms with Crippen LogP contribution in [0.15, 0.2) is 41.2 Å². The molecule has 0 amide bonds. The van der Waals surface area contributed by atoms with E-state index in [0.717, 1.165) is 5.56 Å². The van der Waals surface area contributed by atoms with Crippen LogP contribution in [-0.2, 0) is 6.54 Å². The lowest BCUT2D eigenvalue weighted by Crippen LogP contribution is -2.16. The summed E-state index contributed by atoms with van der Waals surface area (Å²) in [4.78, 5) is 14.3. The van der Waals surface area contributed by atoms with Crippen LogP contribution in [0.4, 0.5) is 0 Å². The average Bonchev–Trinajstić information content (AvgIpc) is 2.32. The number of H-pyrrole nitrogens is 1. The highest BCUT2D eigenvalue weighted by Crippen LogP contribution is 2.24. The second-order valence-corrected chi connectivity index (χ2v) is 3.82. The number of benzene rings is 1. The minimum atomic E-state index is -0.189. The van der Waals surface area contributed by atoms with Crippen molar-refractivity contribution in [2.24, 2.45) is 5.73 Å². The normalized spacial score (nSPS) is 10.4. The quantitative estimate of drug-likeness (QED) is 0.837. The predicted octanol–water partition coefficient (Wildman–Crippen LogP) is 2.15. The van der Waals surface area contributed by atoms with Crippen LogP contribution in [0.3, 0.4) is 0 Å². The molecular weight excluding hydrogens is 224 g/mol. The standard InChI is InChI=1S/C12H11ClN2O/c13-10-6-9(7-14)12(16)15-11(10)8-4-2-1-3-5-8/h1-6H,7,14H2,(H,15,16). The number of pyridine rings is 1. The average molecular weight is 235 g/mol. The van der Waals surface area contributed by atoms with Crippen molar-refractivity contribution in [3.63, 3.8) is 0 Å². The van der Waals surface area contributed by atoms with Gasteiger partial charge >= 0.3 is 0 Å². The Balaban J connectivity index is 2.60. The van der Waals surface area contributed by atoms with Crippen LogP contribution < -0.4 is 11.3 Å². The van der Waals surface area contributed by atoms with E-state index >= 15 is 0 Å². The summed E-state index contributed by atoms with van der Waals surface area (Å²) in [5.41, 5.74) is 7.24. The zero-order valence-corrected chi connectivity index (χ0v) is 9.29. The molecule has 3 nitrogen and oxygen atoms in total. The molecule has 0 aliphatic carbocycles. The van der Waals surface area contributed by atoms with Crippen LogP contribution in [0.2, 0.25) is 5.02 Å². The van der Waals surface area contributed by atoms with Gasteiger partial charge in [0.25, 0.3) is 5.56 Å². The highest BCUT2D eigenvalue weighted by molar-refractivity contribution is 6.33. The van der Waals surface area contributed by atoms with E-state index in [2.05, 4.69) is 4.98 Å². The number of aromatic amines is 1. The van der Waals surface area contributed by atoms with Crippen molar-refractivity contribution in [3.8, 4) is 11.3 Å². The minimum Gasteiger partial charge on any atom is -0.326 e. The SMILES string of the molecule is NCc1cc(Cl)c(-c2ccccc2)[nH]c1=O. The lowest BCUT2D eigenvalue weighted by Gasteiger charge is -2.05. The van der Waals surface area contributed by atoms with E-state index in [-0.39, 0.29) is 12.1 Å². The summed E-state index contributed by atoms with van der Waals surface area (Å²) in [6.45, 7) is 0.185. The van der Waals surface area contributed by atoms with E-state index in [1.54, 1.807) is 6.07 Å². The lowest BCUT2D eigenvalue weighted by atomic mass is 10.1. The maximum absolute atomic E-state index is 11.6. The number of nitrogens with two attached hydrogens (primary N) is 1. The molecule has 0 radical (unpaired) electrons. The number of hydrogen-bond donors (Lipinski definition) is 2. The van der Waals surface area contributed by atoms with Crippen molar-refractivity contribution in [2.45, 2.75) is 6.54 Å². The zero-order valence-electron chi connectivity index (χ0n) is 8.53. The summed E-state index contributed by atoms with van der Waals surface area (Å²) in [5.74, 6) is 0. The van der Waals surface area contributed by atoms with Gasteiger partial charge < -0.3 is 10.7 Å². The van der Waals surface area contributed by atoms with Crippen molar-refractivity contribution in [1.29, 1.82) is 0 Å². The number of aromatic nitrogens is 1. The Kier molecular flexibility index (Phi) is 3.08. The molecule has 16 heavy (non-hydrogen) atoms. The van der Waals surface area contributed by atoms with Gasteiger partial charge in [-0.05, 0) is 11.6 Å². The van der Waals surface area contributed by atoms with Gasteiger partial charge in [-0.1, -0.05) is 41.9 Å². The molecule has 1 aromatic carbocycles. The van der Waals surface area contributed by atoms with Gasteiger partial charge in [0.05, 0.1) is 10.7 Å². The Morgan fingerprint density at radius 1 is 1.25 bits per heavy atom. The maximum atomic E-state index is 11.6. The third-order valence-corrected chi connectivity index (χ3v) is 2.65. The number of halogens is 1. The second kappa shape index (κ2) is 4.51. The van der Waals surface area contributed by atoms with Gasteiger partial charge in [-0.25, -0.2) is 0 Å². The molecule has 0 aliphatic rings. The molecule has 1 aromatic heterocycles. The van der Waals surface area contributed by atoms with E-state index in [1.165, 1.54) is 0 Å². The van der Waals surface area contributed by atoms with Gasteiger partial charge in [0.1, 0.15) is 0 Å². The topological polar surface area (TPSA) is 58.9 Å². The summed E-state index contributed by atoms with van der Waals surface area (Å²) in [5, 5.41) is 0.506. The molecule has 1 heterocycles. The van der Waals surface area contributed by atoms with Crippen LogP contribution >= 0.6 is 11.6 Å². The first-order valence-corrected chi connectivity index (χ1v) is 5.27. The Morgan fingerprint density at radius 2 is 1.94 bits per heavy atom. The third-order valence-electron chi connectivity index (χ3n) is 2.35. The van der Waals surface area contributed by atoms with Crippen LogP contribution in [0.1, 0.15) is 5.56 Å². The van der Waals surface area contributed by atoms with Crippen molar-refractivity contribution >= 4 is 11.6 Å². The molecule has 82 valence electrons. The zero-order chi connectivity index (χ0) is 11.5. The predicted molar refractivity (Wildman–Crippen MR) is 65.4 cm³/mol. The molecule has 4 heteroatoms. The summed E-state index contributed by atoms with van der Waals surface area (Å²) in [6, 6.07) is 11.1. The molecule has 0 atom stereocenters. The fourth-order valence-corrected chi connectivity index (χ4v) is 1.80. The molecule has 0 fully saturated rings. The Hall–Kier alpha value is -1.58. The maximum Gasteiger partial charge on any atom is 0.252 e. The molecular formula is C12H11ClN2O. The van der Waals surface area contributed by atoms with Crippen LogP contribution in [0.5, 0.6) is 0 Å². The van der Waals surface area contributed by atoms with Crippen molar-refractivity contribution in [2.75, 3.05) is 0 Å². The van der Waals surface area contributed by atoms with Gasteiger partial charge in [0.15, 0.2) is 0 Å². The summed E-state index contributed by atoms with van der Waals surface area (Å²) < 4.78 is 0. The fourth-order valence-electron chi connectivity index (χ4n) is 1.51. The van der Waals surface area contributed by atoms with Gasteiger partial charge in [-0.15, -0.1) is 0 Å². The Bertz CT molecular complexity index is 549. The monoisotopic (exact) mass is 234 g/mol. The lowest BCUT2D eigenvalue weighted by molar-refractivity contribution is 1.02. The molecule has 3 N–H and O–H groups in total. The van der Waals surface area contributed by atoms with E-state index in [4.69, 9.17) is 17.3 Å². The summed E-state index contributed by atoms with van der Waals surface area (Å²) in [6.07, 6.45) is 0. The molecule has 2 rings (SSSR count). The second-order valence-electron chi connectivity index (χ2n) is 3.42. The highest BCUT2D eigenvalue weighted by Gasteiger charge is 2.07. The minimum absolute atomic E-state index is 0.185. The molecule has 0 saturated carbocycles. The molecule has 0 aliphatic heterocycles. The van der Waals surface area contributed by atoms with Gasteiger partial charge in [-0.2, -0.15) is 0 Å². The van der Waals surface area contributed by atoms with Gasteiger partial charge in [-0.3, -0.25) is 4.79 Å². The molecule has 0 spiro atoms. The molecule has 0 bridgehead atoms. The first-order valence-electron chi connectivity index (χ1n) is 4.89. The largest absolute Gasteiger partial charge is 0.326 e. The van der Waals surface area contributed by atoms with Crippen molar-refractivity contribution in [3.05, 3.63) is 57.3 Å². The van der Waals surface area contributed by atoms with Crippen molar-refractivity contribution < 1.29 is 0 Å². The first kappa shape index (κ1) is 10.9. The third kappa shape index (κ3) is 2.01. The Labute approximate surface area is 97.9 Å². The number of rotatable bonds is 2. The fraction of sp³-hybridized carbons (Fsp3) is 0.0833. The molecule has 0 unspecified atom stereocenters. The van der Waals surface area contributed by atoms with E-state index in [9.17, 15) is 4.79 Å². The van der Waals surface area contributed by atoms with Crippen LogP contribution in [0, 0.1) is 0 Å². The van der Waals surface area contributed by atoms with Gasteiger partial charge in [0, 0.05) is 12.1 Å². The highest BCUT2D eigenvalue weighted by atomic mass is 35.5. The van der Waals surface area contributed by atoms with Gasteiger partial charge in [0.2, 0.25) is 0 Å². The van der Waals surface area contributed by atoms with E-state index in [0.29, 0.717) is 16.3 Å². The summed E-state index contributed by atoms with van der Waals surface area (Å²) >= 11 is 6.09. The summed E-state index contributed by atoms with van der Waals surface area (Å²) in [7, 11) is 0. The number of nitrogens with one attached hydrogen (secondary N) is 1. The van der Waals surface area contributed by atoms with E-state index in [1.807, 2.05) is 30.3 Å². The first-order chi connectivity index (χ1) is 7.72.